The van der Waals surface area contributed by atoms with Gasteiger partial charge < -0.3 is 15.6 Å². The fourth-order valence-electron chi connectivity index (χ4n) is 2.28. The van der Waals surface area contributed by atoms with Crippen LogP contribution >= 0.6 is 0 Å². The van der Waals surface area contributed by atoms with Crippen molar-refractivity contribution in [3.8, 4) is 0 Å². The lowest BCUT2D eigenvalue weighted by atomic mass is 10.1. The van der Waals surface area contributed by atoms with Crippen molar-refractivity contribution in [2.75, 3.05) is 6.54 Å². The number of carbonyl (C=O) groups excluding carboxylic acids is 1. The molecule has 3 N–H and O–H groups in total. The highest BCUT2D eigenvalue weighted by atomic mass is 16.5. The average molecular weight is 281 g/mol. The number of amides is 1. The summed E-state index contributed by atoms with van der Waals surface area (Å²) in [6.45, 7) is 6.58. The third-order valence-corrected chi connectivity index (χ3v) is 3.46. The Kier molecular flexibility index (Phi) is 7.30. The number of unbranched alkanes of at least 4 members (excludes halogenated alkanes) is 3. The predicted molar refractivity (Wildman–Crippen MR) is 79.4 cm³/mol. The first-order valence-electron chi connectivity index (χ1n) is 7.45. The van der Waals surface area contributed by atoms with Crippen molar-refractivity contribution in [1.29, 1.82) is 0 Å². The molecule has 0 aliphatic heterocycles. The molecule has 1 atom stereocenters. The zero-order valence-electron chi connectivity index (χ0n) is 12.9. The Balaban J connectivity index is 2.24. The molecule has 0 spiro atoms. The van der Waals surface area contributed by atoms with Gasteiger partial charge in [0, 0.05) is 18.0 Å². The second-order valence-electron chi connectivity index (χ2n) is 5.43. The number of carbonyl (C=O) groups is 1. The van der Waals surface area contributed by atoms with Crippen molar-refractivity contribution in [2.24, 2.45) is 5.73 Å². The lowest BCUT2D eigenvalue weighted by molar-refractivity contribution is -0.121. The van der Waals surface area contributed by atoms with Gasteiger partial charge >= 0.3 is 0 Å². The van der Waals surface area contributed by atoms with Crippen LogP contribution in [0.4, 0.5) is 0 Å². The summed E-state index contributed by atoms with van der Waals surface area (Å²) < 4.78 is 5.13. The van der Waals surface area contributed by atoms with Gasteiger partial charge in [-0.05, 0) is 46.6 Å². The summed E-state index contributed by atoms with van der Waals surface area (Å²) in [6, 6.07) is 0.100. The van der Waals surface area contributed by atoms with Gasteiger partial charge in [-0.2, -0.15) is 0 Å². The normalized spacial score (nSPS) is 12.4. The van der Waals surface area contributed by atoms with E-state index in [-0.39, 0.29) is 11.9 Å². The van der Waals surface area contributed by atoms with Crippen molar-refractivity contribution in [3.63, 3.8) is 0 Å². The van der Waals surface area contributed by atoms with E-state index in [4.69, 9.17) is 10.3 Å². The van der Waals surface area contributed by atoms with Crippen LogP contribution in [0.5, 0.6) is 0 Å². The van der Waals surface area contributed by atoms with Crippen LogP contribution in [0.25, 0.3) is 0 Å². The molecule has 1 rings (SSSR count). The van der Waals surface area contributed by atoms with E-state index in [1.807, 2.05) is 20.8 Å². The van der Waals surface area contributed by atoms with E-state index in [2.05, 4.69) is 10.5 Å². The van der Waals surface area contributed by atoms with E-state index in [0.29, 0.717) is 6.42 Å². The van der Waals surface area contributed by atoms with Gasteiger partial charge in [-0.1, -0.05) is 18.0 Å². The number of aromatic nitrogens is 1. The molecule has 1 aromatic rings. The number of nitrogens with zero attached hydrogens (tertiary/aromatic N) is 1. The van der Waals surface area contributed by atoms with Gasteiger partial charge in [-0.15, -0.1) is 0 Å². The molecule has 1 unspecified atom stereocenters. The van der Waals surface area contributed by atoms with Gasteiger partial charge in [0.1, 0.15) is 5.76 Å². The molecule has 20 heavy (non-hydrogen) atoms. The van der Waals surface area contributed by atoms with E-state index in [1.54, 1.807) is 0 Å². The van der Waals surface area contributed by atoms with Gasteiger partial charge in [0.05, 0.1) is 5.69 Å². The Morgan fingerprint density at radius 3 is 2.60 bits per heavy atom. The lowest BCUT2D eigenvalue weighted by Gasteiger charge is -2.13. The first-order valence-corrected chi connectivity index (χ1v) is 7.45. The summed E-state index contributed by atoms with van der Waals surface area (Å²) >= 11 is 0. The Bertz CT molecular complexity index is 396. The number of nitrogens with one attached hydrogen (secondary N) is 1. The molecule has 1 amide bonds. The van der Waals surface area contributed by atoms with Gasteiger partial charge in [0.2, 0.25) is 5.91 Å². The molecule has 5 nitrogen and oxygen atoms in total. The molecule has 0 aromatic carbocycles. The Hall–Kier alpha value is -1.36. The second-order valence-corrected chi connectivity index (χ2v) is 5.43. The Labute approximate surface area is 121 Å². The molecular formula is C15H27N3O2. The molecule has 0 fully saturated rings. The fraction of sp³-hybridized carbons (Fsp3) is 0.733. The van der Waals surface area contributed by atoms with Crippen molar-refractivity contribution in [1.82, 2.24) is 10.5 Å². The monoisotopic (exact) mass is 281 g/mol. The summed E-state index contributed by atoms with van der Waals surface area (Å²) in [6.07, 6.45) is 5.52. The molecule has 0 saturated heterocycles. The zero-order chi connectivity index (χ0) is 15.0. The highest BCUT2D eigenvalue weighted by Crippen LogP contribution is 2.14. The van der Waals surface area contributed by atoms with Crippen LogP contribution in [-0.2, 0) is 11.2 Å². The van der Waals surface area contributed by atoms with Gasteiger partial charge in [-0.3, -0.25) is 4.79 Å². The summed E-state index contributed by atoms with van der Waals surface area (Å²) in [5.41, 5.74) is 7.44. The number of nitrogens with two attached hydrogens (primary N) is 1. The summed E-state index contributed by atoms with van der Waals surface area (Å²) in [5, 5.41) is 6.96. The minimum absolute atomic E-state index is 0.100. The van der Waals surface area contributed by atoms with Gasteiger partial charge in [0.15, 0.2) is 0 Å². The maximum atomic E-state index is 11.8. The van der Waals surface area contributed by atoms with Crippen LogP contribution in [0.2, 0.25) is 0 Å². The highest BCUT2D eigenvalue weighted by Gasteiger charge is 2.14. The SMILES string of the molecule is Cc1noc(C)c1CC(C)NC(=O)CCCCCCN. The molecule has 114 valence electrons. The largest absolute Gasteiger partial charge is 0.361 e. The zero-order valence-corrected chi connectivity index (χ0v) is 12.9. The molecule has 0 radical (unpaired) electrons. The average Bonchev–Trinajstić information content (AvgIpc) is 2.70. The maximum Gasteiger partial charge on any atom is 0.220 e. The lowest BCUT2D eigenvalue weighted by Crippen LogP contribution is -2.34. The predicted octanol–water partition coefficient (Wildman–Crippen LogP) is 2.25. The van der Waals surface area contributed by atoms with Crippen LogP contribution in [0.15, 0.2) is 4.52 Å². The Morgan fingerprint density at radius 2 is 2.00 bits per heavy atom. The molecule has 5 heteroatoms. The molecule has 0 bridgehead atoms. The van der Waals surface area contributed by atoms with E-state index < -0.39 is 0 Å². The van der Waals surface area contributed by atoms with E-state index in [9.17, 15) is 4.79 Å². The minimum Gasteiger partial charge on any atom is -0.361 e. The van der Waals surface area contributed by atoms with Crippen LogP contribution < -0.4 is 11.1 Å². The number of aryl methyl sites for hydroxylation is 2. The molecule has 1 aromatic heterocycles. The van der Waals surface area contributed by atoms with Crippen molar-refractivity contribution in [2.45, 2.75) is 65.3 Å². The van der Waals surface area contributed by atoms with E-state index >= 15 is 0 Å². The van der Waals surface area contributed by atoms with Crippen LogP contribution in [0.1, 0.15) is 56.0 Å². The second kappa shape index (κ2) is 8.74. The summed E-state index contributed by atoms with van der Waals surface area (Å²) in [4.78, 5) is 11.8. The third kappa shape index (κ3) is 5.74. The van der Waals surface area contributed by atoms with Crippen LogP contribution in [0, 0.1) is 13.8 Å². The smallest absolute Gasteiger partial charge is 0.220 e. The number of hydrogen-bond donors (Lipinski definition) is 2. The summed E-state index contributed by atoms with van der Waals surface area (Å²) in [7, 11) is 0. The van der Waals surface area contributed by atoms with Crippen molar-refractivity contribution in [3.05, 3.63) is 17.0 Å². The molecule has 0 aliphatic carbocycles. The standard InChI is InChI=1S/C15H27N3O2/c1-11(10-14-12(2)18-20-13(14)3)17-15(19)8-6-4-5-7-9-16/h11H,4-10,16H2,1-3H3,(H,17,19). The third-order valence-electron chi connectivity index (χ3n) is 3.46. The first kappa shape index (κ1) is 16.7. The van der Waals surface area contributed by atoms with Crippen LogP contribution in [-0.4, -0.2) is 23.7 Å². The van der Waals surface area contributed by atoms with Crippen LogP contribution in [0.3, 0.4) is 0 Å². The summed E-state index contributed by atoms with van der Waals surface area (Å²) in [5.74, 6) is 0.961. The fourth-order valence-corrected chi connectivity index (χ4v) is 2.28. The van der Waals surface area contributed by atoms with Gasteiger partial charge in [0.25, 0.3) is 0 Å². The topological polar surface area (TPSA) is 81.2 Å². The van der Waals surface area contributed by atoms with Crippen molar-refractivity contribution >= 4 is 5.91 Å². The molecule has 1 heterocycles. The van der Waals surface area contributed by atoms with Gasteiger partial charge in [-0.25, -0.2) is 0 Å². The first-order chi connectivity index (χ1) is 9.54. The molecule has 0 aliphatic rings. The number of hydrogen-bond acceptors (Lipinski definition) is 4. The maximum absolute atomic E-state index is 11.8. The number of rotatable bonds is 9. The quantitative estimate of drug-likeness (QED) is 0.680. The molecular weight excluding hydrogens is 254 g/mol. The minimum atomic E-state index is 0.100. The Morgan fingerprint density at radius 1 is 1.30 bits per heavy atom. The van der Waals surface area contributed by atoms with E-state index in [0.717, 1.165) is 55.7 Å². The van der Waals surface area contributed by atoms with E-state index in [1.165, 1.54) is 0 Å². The van der Waals surface area contributed by atoms with Crippen molar-refractivity contribution < 1.29 is 9.32 Å². The highest BCUT2D eigenvalue weighted by molar-refractivity contribution is 5.76. The molecule has 0 saturated carbocycles.